The molecule has 0 radical (unpaired) electrons. The maximum Gasteiger partial charge on any atom is 0.223 e. The van der Waals surface area contributed by atoms with Gasteiger partial charge in [0.25, 0.3) is 0 Å². The second-order valence-corrected chi connectivity index (χ2v) is 7.38. The first kappa shape index (κ1) is 16.9. The van der Waals surface area contributed by atoms with Crippen LogP contribution in [0, 0.1) is 17.0 Å². The van der Waals surface area contributed by atoms with Crippen molar-refractivity contribution in [1.82, 2.24) is 9.88 Å². The molecule has 0 unspecified atom stereocenters. The Labute approximate surface area is 151 Å². The summed E-state index contributed by atoms with van der Waals surface area (Å²) in [4.78, 5) is 20.9. The van der Waals surface area contributed by atoms with E-state index in [2.05, 4.69) is 9.88 Å². The number of carbonyl (C=O) groups excluding carboxylic acids is 1. The van der Waals surface area contributed by atoms with Crippen molar-refractivity contribution in [2.24, 2.45) is 5.41 Å². The fourth-order valence-electron chi connectivity index (χ4n) is 4.13. The molecule has 1 spiro atoms. The Bertz CT molecular complexity index is 784. The quantitative estimate of drug-likeness (QED) is 0.845. The number of piperidine rings is 1. The summed E-state index contributed by atoms with van der Waals surface area (Å²) in [5.41, 5.74) is 0.465. The van der Waals surface area contributed by atoms with Gasteiger partial charge in [0.05, 0.1) is 0 Å². The number of pyridine rings is 1. The molecule has 0 aliphatic carbocycles. The highest BCUT2D eigenvalue weighted by Gasteiger charge is 2.44. The highest BCUT2D eigenvalue weighted by atomic mass is 19.1. The van der Waals surface area contributed by atoms with E-state index < -0.39 is 11.6 Å². The minimum absolute atomic E-state index is 0.0335. The van der Waals surface area contributed by atoms with Crippen molar-refractivity contribution >= 4 is 11.7 Å². The Morgan fingerprint density at radius 2 is 1.81 bits per heavy atom. The van der Waals surface area contributed by atoms with E-state index in [1.165, 1.54) is 12.1 Å². The van der Waals surface area contributed by atoms with Crippen molar-refractivity contribution < 1.29 is 13.6 Å². The molecule has 0 saturated carbocycles. The van der Waals surface area contributed by atoms with Crippen molar-refractivity contribution in [3.63, 3.8) is 0 Å². The molecular formula is C20H21F2N3O. The van der Waals surface area contributed by atoms with Crippen molar-refractivity contribution in [3.8, 4) is 0 Å². The van der Waals surface area contributed by atoms with Gasteiger partial charge in [-0.3, -0.25) is 4.79 Å². The van der Waals surface area contributed by atoms with Crippen LogP contribution in [0.5, 0.6) is 0 Å². The third-order valence-electron chi connectivity index (χ3n) is 5.50. The molecule has 2 aromatic rings. The second-order valence-electron chi connectivity index (χ2n) is 7.38. The Morgan fingerprint density at radius 3 is 2.46 bits per heavy atom. The van der Waals surface area contributed by atoms with Gasteiger partial charge in [-0.15, -0.1) is 0 Å². The molecule has 2 fully saturated rings. The molecule has 2 aliphatic heterocycles. The average Bonchev–Trinajstić information content (AvgIpc) is 2.90. The molecule has 6 heteroatoms. The summed E-state index contributed by atoms with van der Waals surface area (Å²) < 4.78 is 26.8. The van der Waals surface area contributed by atoms with Gasteiger partial charge < -0.3 is 9.80 Å². The zero-order chi connectivity index (χ0) is 18.1. The fraction of sp³-hybridized carbons (Fsp3) is 0.400. The summed E-state index contributed by atoms with van der Waals surface area (Å²) in [6.07, 6.45) is 4.15. The number of nitrogens with zero attached hydrogens (tertiary/aromatic N) is 3. The average molecular weight is 357 g/mol. The Hall–Kier alpha value is -2.50. The maximum absolute atomic E-state index is 13.4. The molecule has 2 aliphatic rings. The van der Waals surface area contributed by atoms with Crippen molar-refractivity contribution in [2.45, 2.75) is 25.8 Å². The van der Waals surface area contributed by atoms with Crippen LogP contribution in [-0.4, -0.2) is 35.4 Å². The number of hydrogen-bond donors (Lipinski definition) is 0. The number of benzene rings is 1. The normalized spacial score (nSPS) is 19.4. The summed E-state index contributed by atoms with van der Waals surface area (Å²) in [5, 5.41) is 0. The molecule has 4 rings (SSSR count). The molecule has 26 heavy (non-hydrogen) atoms. The fourth-order valence-corrected chi connectivity index (χ4v) is 4.13. The molecule has 1 amide bonds. The monoisotopic (exact) mass is 357 g/mol. The molecule has 136 valence electrons. The first-order valence-corrected chi connectivity index (χ1v) is 8.92. The summed E-state index contributed by atoms with van der Waals surface area (Å²) in [6, 6.07) is 9.33. The van der Waals surface area contributed by atoms with E-state index in [1.54, 1.807) is 11.1 Å². The second kappa shape index (κ2) is 6.67. The largest absolute Gasteiger partial charge is 0.357 e. The number of amides is 1. The molecule has 1 aromatic carbocycles. The van der Waals surface area contributed by atoms with Crippen LogP contribution < -0.4 is 4.90 Å². The van der Waals surface area contributed by atoms with E-state index >= 15 is 0 Å². The summed E-state index contributed by atoms with van der Waals surface area (Å²) in [6.45, 7) is 2.65. The van der Waals surface area contributed by atoms with Crippen LogP contribution in [0.4, 0.5) is 14.6 Å². The van der Waals surface area contributed by atoms with Gasteiger partial charge in [-0.25, -0.2) is 13.8 Å². The molecule has 3 heterocycles. The van der Waals surface area contributed by atoms with E-state index in [0.717, 1.165) is 37.8 Å². The number of likely N-dealkylation sites (tertiary alicyclic amines) is 1. The van der Waals surface area contributed by atoms with Crippen LogP contribution in [0.25, 0.3) is 0 Å². The van der Waals surface area contributed by atoms with Gasteiger partial charge >= 0.3 is 0 Å². The predicted molar refractivity (Wildman–Crippen MR) is 94.5 cm³/mol. The summed E-state index contributed by atoms with van der Waals surface area (Å²) in [7, 11) is 0. The van der Waals surface area contributed by atoms with E-state index in [0.29, 0.717) is 18.5 Å². The van der Waals surface area contributed by atoms with Gasteiger partial charge in [0, 0.05) is 50.3 Å². The van der Waals surface area contributed by atoms with Gasteiger partial charge in [0.1, 0.15) is 17.5 Å². The topological polar surface area (TPSA) is 36.4 Å². The van der Waals surface area contributed by atoms with Gasteiger partial charge in [-0.05, 0) is 42.7 Å². The number of halogens is 2. The molecular weight excluding hydrogens is 336 g/mol. The smallest absolute Gasteiger partial charge is 0.223 e. The van der Waals surface area contributed by atoms with Crippen LogP contribution >= 0.6 is 0 Å². The van der Waals surface area contributed by atoms with Gasteiger partial charge in [-0.2, -0.15) is 0 Å². The van der Waals surface area contributed by atoms with Gasteiger partial charge in [0.15, 0.2) is 0 Å². The maximum atomic E-state index is 13.4. The Kier molecular flexibility index (Phi) is 4.34. The first-order valence-electron chi connectivity index (χ1n) is 8.92. The number of aromatic nitrogens is 1. The lowest BCUT2D eigenvalue weighted by Crippen LogP contribution is -2.41. The third kappa shape index (κ3) is 3.41. The molecule has 1 aromatic heterocycles. The Morgan fingerprint density at radius 1 is 1.08 bits per heavy atom. The standard InChI is InChI=1S/C20H21F2N3O/c21-16-9-15(10-17(22)11-16)13-25-14-20(12-19(25)26)4-7-24(8-5-20)18-3-1-2-6-23-18/h1-3,6,9-11H,4-5,7-8,12-14H2. The van der Waals surface area contributed by atoms with Gasteiger partial charge in [-0.1, -0.05) is 6.07 Å². The van der Waals surface area contributed by atoms with E-state index in [1.807, 2.05) is 18.2 Å². The lowest BCUT2D eigenvalue weighted by molar-refractivity contribution is -0.128. The zero-order valence-corrected chi connectivity index (χ0v) is 14.5. The lowest BCUT2D eigenvalue weighted by atomic mass is 9.77. The summed E-state index contributed by atoms with van der Waals surface area (Å²) >= 11 is 0. The van der Waals surface area contributed by atoms with Crippen molar-refractivity contribution in [1.29, 1.82) is 0 Å². The lowest BCUT2D eigenvalue weighted by Gasteiger charge is -2.39. The van der Waals surface area contributed by atoms with E-state index in [4.69, 9.17) is 0 Å². The number of hydrogen-bond acceptors (Lipinski definition) is 3. The van der Waals surface area contributed by atoms with Gasteiger partial charge in [0.2, 0.25) is 5.91 Å². The molecule has 0 bridgehead atoms. The van der Waals surface area contributed by atoms with Crippen molar-refractivity contribution in [3.05, 3.63) is 59.8 Å². The van der Waals surface area contributed by atoms with Crippen LogP contribution in [0.1, 0.15) is 24.8 Å². The molecule has 4 nitrogen and oxygen atoms in total. The molecule has 2 saturated heterocycles. The van der Waals surface area contributed by atoms with Crippen LogP contribution in [0.2, 0.25) is 0 Å². The van der Waals surface area contributed by atoms with Crippen LogP contribution in [0.15, 0.2) is 42.6 Å². The van der Waals surface area contributed by atoms with Crippen molar-refractivity contribution in [2.75, 3.05) is 24.5 Å². The number of rotatable bonds is 3. The molecule has 0 atom stereocenters. The highest BCUT2D eigenvalue weighted by molar-refractivity contribution is 5.79. The Balaban J connectivity index is 1.41. The van der Waals surface area contributed by atoms with E-state index in [-0.39, 0.29) is 17.9 Å². The van der Waals surface area contributed by atoms with Crippen LogP contribution in [0.3, 0.4) is 0 Å². The number of anilines is 1. The summed E-state index contributed by atoms with van der Waals surface area (Å²) in [5.74, 6) is -0.172. The third-order valence-corrected chi connectivity index (χ3v) is 5.50. The van der Waals surface area contributed by atoms with E-state index in [9.17, 15) is 13.6 Å². The highest BCUT2D eigenvalue weighted by Crippen LogP contribution is 2.42. The molecule has 0 N–H and O–H groups in total. The first-order chi connectivity index (χ1) is 12.5. The minimum Gasteiger partial charge on any atom is -0.357 e. The SMILES string of the molecule is O=C1CC2(CCN(c3ccccn3)CC2)CN1Cc1cc(F)cc(F)c1. The zero-order valence-electron chi connectivity index (χ0n) is 14.5. The number of carbonyl (C=O) groups is 1. The van der Waals surface area contributed by atoms with Crippen LogP contribution in [-0.2, 0) is 11.3 Å². The predicted octanol–water partition coefficient (Wildman–Crippen LogP) is 3.38. The minimum atomic E-state index is -0.606.